The van der Waals surface area contributed by atoms with Gasteiger partial charge in [-0.2, -0.15) is 0 Å². The fourth-order valence-electron chi connectivity index (χ4n) is 4.55. The molecule has 6 atom stereocenters. The van der Waals surface area contributed by atoms with Gasteiger partial charge in [0.2, 0.25) is 0 Å². The molecule has 2 aliphatic carbocycles. The first-order valence-corrected chi connectivity index (χ1v) is 12.4. The summed E-state index contributed by atoms with van der Waals surface area (Å²) in [6.45, 7) is 0. The Morgan fingerprint density at radius 1 is 0.714 bits per heavy atom. The van der Waals surface area contributed by atoms with Gasteiger partial charge in [0.25, 0.3) is 0 Å². The molecule has 0 aromatic rings. The standard InChI is InChI=1S/C16H30O3Si2/c1-3-13-15(17-13)9-11(1)5-7-20-19-21-8-6-12-2-4-14-16(10-12)18-14/h11-16H,1-10,20-21H2. The summed E-state index contributed by atoms with van der Waals surface area (Å²) in [5.74, 6) is 1.92. The van der Waals surface area contributed by atoms with E-state index in [9.17, 15) is 0 Å². The van der Waals surface area contributed by atoms with Crippen molar-refractivity contribution in [2.75, 3.05) is 0 Å². The maximum atomic E-state index is 6.11. The van der Waals surface area contributed by atoms with Gasteiger partial charge in [0.05, 0.1) is 24.4 Å². The average molecular weight is 327 g/mol. The Hall–Kier alpha value is 0.314. The summed E-state index contributed by atoms with van der Waals surface area (Å²) in [6, 6.07) is 2.83. The van der Waals surface area contributed by atoms with Crippen molar-refractivity contribution in [3.63, 3.8) is 0 Å². The smallest absolute Gasteiger partial charge is 0.146 e. The Bertz CT molecular complexity index is 322. The molecular weight excluding hydrogens is 296 g/mol. The number of rotatable bonds is 8. The monoisotopic (exact) mass is 326 g/mol. The number of fused-ring (bicyclic) bond motifs is 2. The van der Waals surface area contributed by atoms with E-state index in [0.717, 1.165) is 11.8 Å². The molecule has 2 saturated heterocycles. The van der Waals surface area contributed by atoms with Crippen LogP contribution >= 0.6 is 0 Å². The van der Waals surface area contributed by atoms with Gasteiger partial charge in [-0.3, -0.25) is 0 Å². The van der Waals surface area contributed by atoms with Crippen LogP contribution in [0, 0.1) is 11.8 Å². The molecule has 0 amide bonds. The van der Waals surface area contributed by atoms with Gasteiger partial charge in [-0.05, 0) is 62.4 Å². The van der Waals surface area contributed by atoms with E-state index in [2.05, 4.69) is 0 Å². The van der Waals surface area contributed by atoms with E-state index in [4.69, 9.17) is 13.6 Å². The molecule has 6 unspecified atom stereocenters. The lowest BCUT2D eigenvalue weighted by atomic mass is 9.88. The molecule has 0 bridgehead atoms. The summed E-state index contributed by atoms with van der Waals surface area (Å²) in [5.41, 5.74) is 0. The largest absolute Gasteiger partial charge is 0.465 e. The molecule has 4 aliphatic rings. The zero-order valence-electron chi connectivity index (χ0n) is 13.2. The maximum Gasteiger partial charge on any atom is 0.146 e. The van der Waals surface area contributed by atoms with Gasteiger partial charge < -0.3 is 13.6 Å². The van der Waals surface area contributed by atoms with Crippen molar-refractivity contribution < 1.29 is 13.6 Å². The van der Waals surface area contributed by atoms with Gasteiger partial charge in [0.15, 0.2) is 0 Å². The fraction of sp³-hybridized carbons (Fsp3) is 1.00. The number of hydrogen-bond acceptors (Lipinski definition) is 3. The van der Waals surface area contributed by atoms with Crippen molar-refractivity contribution in [2.45, 2.75) is 87.9 Å². The van der Waals surface area contributed by atoms with E-state index in [0.29, 0.717) is 24.4 Å². The minimum absolute atomic E-state index is 0.192. The van der Waals surface area contributed by atoms with Crippen LogP contribution in [0.2, 0.25) is 12.1 Å². The molecule has 120 valence electrons. The molecule has 21 heavy (non-hydrogen) atoms. The van der Waals surface area contributed by atoms with Gasteiger partial charge in [0.1, 0.15) is 19.5 Å². The predicted molar refractivity (Wildman–Crippen MR) is 89.0 cm³/mol. The third-order valence-electron chi connectivity index (χ3n) is 6.03. The van der Waals surface area contributed by atoms with Gasteiger partial charge in [-0.25, -0.2) is 0 Å². The number of epoxide rings is 2. The molecule has 0 N–H and O–H groups in total. The van der Waals surface area contributed by atoms with E-state index in [-0.39, 0.29) is 19.5 Å². The number of ether oxygens (including phenoxy) is 2. The SMILES string of the molecule is C(CC1CCC2OC2C1)[SiH2]O[SiH2]CCC1CCC2OC2C1. The highest BCUT2D eigenvalue weighted by molar-refractivity contribution is 6.42. The van der Waals surface area contributed by atoms with Crippen LogP contribution in [0.3, 0.4) is 0 Å². The molecule has 5 heteroatoms. The van der Waals surface area contributed by atoms with Gasteiger partial charge in [-0.1, -0.05) is 12.8 Å². The van der Waals surface area contributed by atoms with Crippen molar-refractivity contribution >= 4 is 19.5 Å². The van der Waals surface area contributed by atoms with Crippen LogP contribution in [-0.4, -0.2) is 43.9 Å². The zero-order chi connectivity index (χ0) is 14.1. The second-order valence-corrected chi connectivity index (χ2v) is 11.5. The molecule has 3 nitrogen and oxygen atoms in total. The van der Waals surface area contributed by atoms with Crippen LogP contribution in [0.1, 0.15) is 51.4 Å². The minimum Gasteiger partial charge on any atom is -0.465 e. The van der Waals surface area contributed by atoms with Crippen molar-refractivity contribution in [3.05, 3.63) is 0 Å². The molecule has 0 aromatic heterocycles. The van der Waals surface area contributed by atoms with Crippen LogP contribution in [-0.2, 0) is 13.6 Å². The molecule has 4 fully saturated rings. The molecule has 2 aliphatic heterocycles. The lowest BCUT2D eigenvalue weighted by Crippen LogP contribution is -2.15. The first kappa shape index (κ1) is 14.9. The van der Waals surface area contributed by atoms with E-state index in [1.165, 1.54) is 63.5 Å². The Morgan fingerprint density at radius 2 is 1.24 bits per heavy atom. The summed E-state index contributed by atoms with van der Waals surface area (Å²) < 4.78 is 17.3. The van der Waals surface area contributed by atoms with Crippen LogP contribution in [0.25, 0.3) is 0 Å². The Balaban J connectivity index is 0.981. The predicted octanol–water partition coefficient (Wildman–Crippen LogP) is 1.92. The van der Waals surface area contributed by atoms with Crippen LogP contribution in [0.5, 0.6) is 0 Å². The minimum atomic E-state index is -0.192. The maximum absolute atomic E-state index is 6.11. The van der Waals surface area contributed by atoms with Crippen molar-refractivity contribution in [2.24, 2.45) is 11.8 Å². The van der Waals surface area contributed by atoms with Gasteiger partial charge >= 0.3 is 0 Å². The molecule has 2 saturated carbocycles. The molecule has 2 heterocycles. The molecular formula is C16H30O3Si2. The second-order valence-electron chi connectivity index (χ2n) is 7.68. The second kappa shape index (κ2) is 6.83. The van der Waals surface area contributed by atoms with Crippen molar-refractivity contribution in [1.29, 1.82) is 0 Å². The summed E-state index contributed by atoms with van der Waals surface area (Å²) in [6.07, 6.45) is 13.7. The van der Waals surface area contributed by atoms with Crippen LogP contribution in [0.4, 0.5) is 0 Å². The molecule has 0 radical (unpaired) electrons. The molecule has 0 aromatic carbocycles. The van der Waals surface area contributed by atoms with Crippen LogP contribution < -0.4 is 0 Å². The summed E-state index contributed by atoms with van der Waals surface area (Å²) >= 11 is 0. The fourth-order valence-corrected chi connectivity index (χ4v) is 8.49. The number of hydrogen-bond donors (Lipinski definition) is 0. The Kier molecular flexibility index (Phi) is 4.84. The molecule has 0 spiro atoms. The Labute approximate surface area is 133 Å². The van der Waals surface area contributed by atoms with E-state index in [1.807, 2.05) is 0 Å². The van der Waals surface area contributed by atoms with E-state index >= 15 is 0 Å². The zero-order valence-corrected chi connectivity index (χ0v) is 16.0. The van der Waals surface area contributed by atoms with E-state index < -0.39 is 0 Å². The summed E-state index contributed by atoms with van der Waals surface area (Å²) in [7, 11) is -0.383. The van der Waals surface area contributed by atoms with Gasteiger partial charge in [0, 0.05) is 0 Å². The third kappa shape index (κ3) is 4.19. The topological polar surface area (TPSA) is 34.3 Å². The normalized spacial score (nSPS) is 45.1. The van der Waals surface area contributed by atoms with E-state index in [1.54, 1.807) is 0 Å². The average Bonchev–Trinajstić information content (AvgIpc) is 3.39. The quantitative estimate of drug-likeness (QED) is 0.388. The third-order valence-corrected chi connectivity index (χ3v) is 9.73. The lowest BCUT2D eigenvalue weighted by Gasteiger charge is -2.19. The highest BCUT2D eigenvalue weighted by Crippen LogP contribution is 2.41. The summed E-state index contributed by atoms with van der Waals surface area (Å²) in [4.78, 5) is 0. The van der Waals surface area contributed by atoms with Crippen molar-refractivity contribution in [1.82, 2.24) is 0 Å². The summed E-state index contributed by atoms with van der Waals surface area (Å²) in [5, 5.41) is 0. The van der Waals surface area contributed by atoms with Gasteiger partial charge in [-0.15, -0.1) is 0 Å². The highest BCUT2D eigenvalue weighted by Gasteiger charge is 2.44. The first-order chi connectivity index (χ1) is 10.4. The highest BCUT2D eigenvalue weighted by atomic mass is 28.3. The first-order valence-electron chi connectivity index (χ1n) is 9.27. The van der Waals surface area contributed by atoms with Crippen molar-refractivity contribution in [3.8, 4) is 0 Å². The van der Waals surface area contributed by atoms with Crippen LogP contribution in [0.15, 0.2) is 0 Å². The molecule has 4 rings (SSSR count). The Morgan fingerprint density at radius 3 is 1.71 bits per heavy atom. The lowest BCUT2D eigenvalue weighted by molar-refractivity contribution is 0.355.